The van der Waals surface area contributed by atoms with Gasteiger partial charge in [-0.2, -0.15) is 0 Å². The molecule has 184 valence electrons. The summed E-state index contributed by atoms with van der Waals surface area (Å²) in [7, 11) is 0. The molecule has 2 N–H and O–H groups in total. The van der Waals surface area contributed by atoms with E-state index in [-0.39, 0.29) is 12.5 Å². The SMILES string of the molecule is O=C(NC[C@H](O)CN1CCc2cc(OCc3cnco3)ccc2C1)c1ccnc(CC2CCC2)c1. The minimum absolute atomic E-state index is 0.164. The van der Waals surface area contributed by atoms with E-state index in [2.05, 4.69) is 32.3 Å². The summed E-state index contributed by atoms with van der Waals surface area (Å²) in [6, 6.07) is 9.73. The lowest BCUT2D eigenvalue weighted by molar-refractivity contribution is 0.0841. The molecule has 1 amide bonds. The van der Waals surface area contributed by atoms with Crippen molar-refractivity contribution >= 4 is 5.91 Å². The zero-order chi connectivity index (χ0) is 24.0. The number of ether oxygens (including phenoxy) is 1. The van der Waals surface area contributed by atoms with Gasteiger partial charge in [0.25, 0.3) is 5.91 Å². The summed E-state index contributed by atoms with van der Waals surface area (Å²) in [4.78, 5) is 23.1. The largest absolute Gasteiger partial charge is 0.486 e. The van der Waals surface area contributed by atoms with E-state index in [1.54, 1.807) is 18.5 Å². The van der Waals surface area contributed by atoms with Crippen LogP contribution < -0.4 is 10.1 Å². The average molecular weight is 477 g/mol. The molecule has 1 atom stereocenters. The van der Waals surface area contributed by atoms with Crippen LogP contribution in [-0.4, -0.2) is 51.6 Å². The molecule has 2 aliphatic rings. The lowest BCUT2D eigenvalue weighted by atomic mass is 9.82. The summed E-state index contributed by atoms with van der Waals surface area (Å²) in [5.41, 5.74) is 4.07. The van der Waals surface area contributed by atoms with Gasteiger partial charge in [0.05, 0.1) is 12.3 Å². The Morgan fingerprint density at radius 2 is 2.17 bits per heavy atom. The van der Waals surface area contributed by atoms with Gasteiger partial charge in [-0.15, -0.1) is 0 Å². The quantitative estimate of drug-likeness (QED) is 0.464. The van der Waals surface area contributed by atoms with Crippen molar-refractivity contribution in [3.63, 3.8) is 0 Å². The van der Waals surface area contributed by atoms with Gasteiger partial charge in [0.15, 0.2) is 12.2 Å². The van der Waals surface area contributed by atoms with Crippen LogP contribution in [0, 0.1) is 5.92 Å². The maximum absolute atomic E-state index is 12.6. The zero-order valence-corrected chi connectivity index (χ0v) is 19.9. The molecule has 8 heteroatoms. The smallest absolute Gasteiger partial charge is 0.251 e. The van der Waals surface area contributed by atoms with Crippen molar-refractivity contribution in [2.24, 2.45) is 5.92 Å². The van der Waals surface area contributed by atoms with Gasteiger partial charge >= 0.3 is 0 Å². The maximum atomic E-state index is 12.6. The third-order valence-corrected chi connectivity index (χ3v) is 6.90. The molecule has 0 radical (unpaired) electrons. The highest BCUT2D eigenvalue weighted by molar-refractivity contribution is 5.94. The van der Waals surface area contributed by atoms with Gasteiger partial charge in [0.1, 0.15) is 12.4 Å². The summed E-state index contributed by atoms with van der Waals surface area (Å²) in [6.07, 6.45) is 9.74. The summed E-state index contributed by atoms with van der Waals surface area (Å²) in [5, 5.41) is 13.4. The van der Waals surface area contributed by atoms with Crippen LogP contribution in [0.1, 0.15) is 52.2 Å². The average Bonchev–Trinajstić information content (AvgIpc) is 3.37. The van der Waals surface area contributed by atoms with E-state index < -0.39 is 6.10 Å². The summed E-state index contributed by atoms with van der Waals surface area (Å²) < 4.78 is 11.0. The number of fused-ring (bicyclic) bond motifs is 1. The van der Waals surface area contributed by atoms with Crippen molar-refractivity contribution in [2.75, 3.05) is 19.6 Å². The van der Waals surface area contributed by atoms with Gasteiger partial charge < -0.3 is 19.6 Å². The highest BCUT2D eigenvalue weighted by Gasteiger charge is 2.21. The Kier molecular flexibility index (Phi) is 7.39. The van der Waals surface area contributed by atoms with Crippen LogP contribution in [0.2, 0.25) is 0 Å². The van der Waals surface area contributed by atoms with Crippen molar-refractivity contribution in [2.45, 2.75) is 51.4 Å². The molecule has 3 aromatic rings. The molecule has 1 fully saturated rings. The number of rotatable bonds is 10. The standard InChI is InChI=1S/C27H32N4O4/c32-24(13-30-27(33)21-6-8-29-23(11-21)10-19-2-1-3-19)16-31-9-7-20-12-25(5-4-22(20)15-31)34-17-26-14-28-18-35-26/h4-6,8,11-12,14,18-19,24,32H,1-3,7,9-10,13,15-17H2,(H,30,33)/t24-/m0/s1. The first-order valence-electron chi connectivity index (χ1n) is 12.4. The third kappa shape index (κ3) is 6.26. The fourth-order valence-electron chi connectivity index (χ4n) is 4.70. The molecule has 1 aromatic carbocycles. The van der Waals surface area contributed by atoms with Crippen LogP contribution >= 0.6 is 0 Å². The first-order chi connectivity index (χ1) is 17.1. The number of benzene rings is 1. The van der Waals surface area contributed by atoms with Gasteiger partial charge in [-0.05, 0) is 54.2 Å². The number of pyridine rings is 1. The third-order valence-electron chi connectivity index (χ3n) is 6.90. The molecule has 8 nitrogen and oxygen atoms in total. The van der Waals surface area contributed by atoms with Crippen molar-refractivity contribution in [1.82, 2.24) is 20.2 Å². The van der Waals surface area contributed by atoms with Gasteiger partial charge in [-0.25, -0.2) is 4.98 Å². The Morgan fingerprint density at radius 1 is 1.26 bits per heavy atom. The van der Waals surface area contributed by atoms with Crippen molar-refractivity contribution in [3.05, 3.63) is 77.3 Å². The van der Waals surface area contributed by atoms with E-state index in [0.717, 1.165) is 37.4 Å². The Bertz CT molecular complexity index is 1130. The van der Waals surface area contributed by atoms with Gasteiger partial charge in [0.2, 0.25) is 0 Å². The van der Waals surface area contributed by atoms with Gasteiger partial charge in [-0.1, -0.05) is 25.3 Å². The van der Waals surface area contributed by atoms with Crippen molar-refractivity contribution in [3.8, 4) is 5.75 Å². The Hall–Kier alpha value is -3.23. The zero-order valence-electron chi connectivity index (χ0n) is 19.9. The van der Waals surface area contributed by atoms with Crippen LogP contribution in [0.3, 0.4) is 0 Å². The van der Waals surface area contributed by atoms with E-state index in [0.29, 0.717) is 30.4 Å². The number of carbonyl (C=O) groups excluding carboxylic acids is 1. The van der Waals surface area contributed by atoms with Crippen LogP contribution in [0.4, 0.5) is 0 Å². The predicted molar refractivity (Wildman–Crippen MR) is 130 cm³/mol. The first-order valence-corrected chi connectivity index (χ1v) is 12.4. The number of oxazole rings is 1. The van der Waals surface area contributed by atoms with Crippen LogP contribution in [0.25, 0.3) is 0 Å². The Labute approximate surface area is 205 Å². The highest BCUT2D eigenvalue weighted by atomic mass is 16.5. The fraction of sp³-hybridized carbons (Fsp3) is 0.444. The van der Waals surface area contributed by atoms with Crippen LogP contribution in [0.5, 0.6) is 5.75 Å². The second-order valence-corrected chi connectivity index (χ2v) is 9.57. The first kappa shape index (κ1) is 23.5. The lowest BCUT2D eigenvalue weighted by Gasteiger charge is -2.30. The minimum Gasteiger partial charge on any atom is -0.486 e. The van der Waals surface area contributed by atoms with E-state index in [9.17, 15) is 9.90 Å². The molecule has 0 bridgehead atoms. The van der Waals surface area contributed by atoms with Gasteiger partial charge in [0, 0.05) is 43.6 Å². The molecule has 0 saturated heterocycles. The summed E-state index contributed by atoms with van der Waals surface area (Å²) >= 11 is 0. The number of carbonyl (C=O) groups is 1. The number of nitrogens with one attached hydrogen (secondary N) is 1. The monoisotopic (exact) mass is 476 g/mol. The molecule has 0 unspecified atom stereocenters. The highest BCUT2D eigenvalue weighted by Crippen LogP contribution is 2.29. The maximum Gasteiger partial charge on any atom is 0.251 e. The number of hydrogen-bond donors (Lipinski definition) is 2. The number of aliphatic hydroxyl groups excluding tert-OH is 1. The molecule has 5 rings (SSSR count). The molecule has 1 saturated carbocycles. The number of aromatic nitrogens is 2. The van der Waals surface area contributed by atoms with Crippen molar-refractivity contribution < 1.29 is 19.1 Å². The minimum atomic E-state index is -0.638. The topological polar surface area (TPSA) is 101 Å². The Balaban J connectivity index is 1.07. The number of aliphatic hydroxyl groups is 1. The number of nitrogens with zero attached hydrogens (tertiary/aromatic N) is 3. The molecule has 3 heterocycles. The second kappa shape index (κ2) is 11.0. The molecular weight excluding hydrogens is 444 g/mol. The summed E-state index contributed by atoms with van der Waals surface area (Å²) in [5.74, 6) is 2.04. The van der Waals surface area contributed by atoms with Crippen molar-refractivity contribution in [1.29, 1.82) is 0 Å². The summed E-state index contributed by atoms with van der Waals surface area (Å²) in [6.45, 7) is 2.68. The lowest BCUT2D eigenvalue weighted by Crippen LogP contribution is -2.42. The number of amides is 1. The van der Waals surface area contributed by atoms with E-state index in [1.807, 2.05) is 12.1 Å². The Morgan fingerprint density at radius 3 is 2.97 bits per heavy atom. The van der Waals surface area contributed by atoms with Gasteiger partial charge in [-0.3, -0.25) is 14.7 Å². The molecule has 35 heavy (non-hydrogen) atoms. The molecule has 0 spiro atoms. The second-order valence-electron chi connectivity index (χ2n) is 9.57. The van der Waals surface area contributed by atoms with Crippen LogP contribution in [-0.2, 0) is 26.0 Å². The number of hydrogen-bond acceptors (Lipinski definition) is 7. The molecule has 1 aliphatic carbocycles. The van der Waals surface area contributed by atoms with Crippen LogP contribution in [0.15, 0.2) is 53.5 Å². The van der Waals surface area contributed by atoms with E-state index in [1.165, 1.54) is 36.8 Å². The molecule has 2 aromatic heterocycles. The molecular formula is C27H32N4O4. The molecule has 1 aliphatic heterocycles. The van der Waals surface area contributed by atoms with E-state index >= 15 is 0 Å². The normalized spacial score (nSPS) is 16.8. The predicted octanol–water partition coefficient (Wildman–Crippen LogP) is 3.14. The fourth-order valence-corrected chi connectivity index (χ4v) is 4.70. The number of β-amino-alcohol motifs (C(OH)–C–C–N with tert-alkyl or cyclic N) is 1. The van der Waals surface area contributed by atoms with E-state index in [4.69, 9.17) is 9.15 Å².